The van der Waals surface area contributed by atoms with Crippen LogP contribution in [0.2, 0.25) is 0 Å². The zero-order valence-electron chi connectivity index (χ0n) is 10.1. The summed E-state index contributed by atoms with van der Waals surface area (Å²) in [7, 11) is -7.16. The highest BCUT2D eigenvalue weighted by Crippen LogP contribution is 2.55. The molecule has 0 heterocycles. The Morgan fingerprint density at radius 1 is 0.952 bits per heavy atom. The lowest BCUT2D eigenvalue weighted by Gasteiger charge is -2.36. The van der Waals surface area contributed by atoms with Gasteiger partial charge in [-0.05, 0) is 6.42 Å². The van der Waals surface area contributed by atoms with E-state index >= 15 is 0 Å². The van der Waals surface area contributed by atoms with Crippen LogP contribution in [0.1, 0.15) is 13.3 Å². The Bertz CT molecular complexity index is 464. The molecule has 0 aliphatic carbocycles. The summed E-state index contributed by atoms with van der Waals surface area (Å²) in [5.74, 6) is -20.6. The van der Waals surface area contributed by atoms with E-state index < -0.39 is 45.7 Å². The van der Waals surface area contributed by atoms with Crippen LogP contribution in [-0.2, 0) is 10.1 Å². The third-order valence-corrected chi connectivity index (χ3v) is 3.16. The minimum Gasteiger partial charge on any atom is -0.344 e. The monoisotopic (exact) mass is 359 g/mol. The van der Waals surface area contributed by atoms with Gasteiger partial charge < -0.3 is 6.15 Å². The molecule has 0 aromatic rings. The van der Waals surface area contributed by atoms with E-state index in [-0.39, 0.29) is 6.15 Å². The number of hydrogen-bond donors (Lipinski definition) is 2. The number of hydrogen-bond acceptors (Lipinski definition) is 3. The maximum atomic E-state index is 12.8. The molecule has 0 aliphatic heterocycles. The maximum Gasteiger partial charge on any atom is 0.438 e. The minimum absolute atomic E-state index is 0. The van der Waals surface area contributed by atoms with Crippen molar-refractivity contribution in [1.29, 1.82) is 0 Å². The van der Waals surface area contributed by atoms with Gasteiger partial charge in [0.25, 0.3) is 0 Å². The lowest BCUT2D eigenvalue weighted by Crippen LogP contribution is -2.66. The average molecular weight is 359 g/mol. The lowest BCUT2D eigenvalue weighted by atomic mass is 9.99. The molecule has 1 unspecified atom stereocenters. The van der Waals surface area contributed by atoms with Crippen LogP contribution in [0.4, 0.5) is 39.5 Å². The van der Waals surface area contributed by atoms with Crippen molar-refractivity contribution in [3.63, 3.8) is 0 Å². The van der Waals surface area contributed by atoms with Crippen molar-refractivity contribution < 1.29 is 52.5 Å². The van der Waals surface area contributed by atoms with Crippen LogP contribution in [0.5, 0.6) is 0 Å². The van der Waals surface area contributed by atoms with E-state index in [1.165, 1.54) is 0 Å². The fourth-order valence-electron chi connectivity index (χ4n) is 1.01. The van der Waals surface area contributed by atoms with Crippen LogP contribution in [0, 0.1) is 0 Å². The SMILES string of the molecule is CCC(F)C(F)(F)C(F)(F)C(F)(F)C(F)(F)S(=O)(=O)O.N. The van der Waals surface area contributed by atoms with Gasteiger partial charge in [-0.2, -0.15) is 43.5 Å². The molecule has 0 bridgehead atoms. The summed E-state index contributed by atoms with van der Waals surface area (Å²) in [6, 6.07) is 0. The Hall–Kier alpha value is -0.760. The molecule has 0 aliphatic rings. The fraction of sp³-hybridized carbons (Fsp3) is 1.00. The van der Waals surface area contributed by atoms with E-state index in [2.05, 4.69) is 0 Å². The molecule has 0 saturated carbocycles. The molecule has 4 N–H and O–H groups in total. The first-order valence-electron chi connectivity index (χ1n) is 4.60. The summed E-state index contributed by atoms with van der Waals surface area (Å²) in [6.45, 7) is 0.535. The van der Waals surface area contributed by atoms with Crippen molar-refractivity contribution in [1.82, 2.24) is 6.15 Å². The van der Waals surface area contributed by atoms with Gasteiger partial charge in [-0.3, -0.25) is 4.55 Å². The molecule has 130 valence electrons. The van der Waals surface area contributed by atoms with Gasteiger partial charge in [0.05, 0.1) is 0 Å². The Morgan fingerprint density at radius 2 is 1.29 bits per heavy atom. The average Bonchev–Trinajstić information content (AvgIpc) is 2.25. The highest BCUT2D eigenvalue weighted by Gasteiger charge is 2.85. The molecule has 0 saturated heterocycles. The summed E-state index contributed by atoms with van der Waals surface area (Å²) in [5.41, 5.74) is 0. The van der Waals surface area contributed by atoms with Crippen LogP contribution in [-0.4, -0.2) is 42.2 Å². The summed E-state index contributed by atoms with van der Waals surface area (Å²) >= 11 is 0. The van der Waals surface area contributed by atoms with Gasteiger partial charge in [0.2, 0.25) is 0 Å². The Balaban J connectivity index is 0. The zero-order chi connectivity index (χ0) is 16.8. The molecule has 4 nitrogen and oxygen atoms in total. The lowest BCUT2D eigenvalue weighted by molar-refractivity contribution is -0.359. The van der Waals surface area contributed by atoms with Crippen molar-refractivity contribution in [3.05, 3.63) is 0 Å². The number of halogens is 9. The Kier molecular flexibility index (Phi) is 6.21. The molecular weight excluding hydrogens is 349 g/mol. The van der Waals surface area contributed by atoms with Gasteiger partial charge in [0, 0.05) is 0 Å². The van der Waals surface area contributed by atoms with Crippen molar-refractivity contribution >= 4 is 10.1 Å². The van der Waals surface area contributed by atoms with Crippen LogP contribution in [0.15, 0.2) is 0 Å². The predicted molar refractivity (Wildman–Crippen MR) is 51.5 cm³/mol. The highest BCUT2D eigenvalue weighted by molar-refractivity contribution is 7.87. The molecule has 0 rings (SSSR count). The van der Waals surface area contributed by atoms with E-state index in [0.29, 0.717) is 6.92 Å². The topological polar surface area (TPSA) is 89.4 Å². The van der Waals surface area contributed by atoms with Gasteiger partial charge in [0.15, 0.2) is 6.17 Å². The summed E-state index contributed by atoms with van der Waals surface area (Å²) in [5, 5.41) is -6.94. The first kappa shape index (κ1) is 22.5. The van der Waals surface area contributed by atoms with Crippen LogP contribution < -0.4 is 6.15 Å². The molecule has 1 atom stereocenters. The second kappa shape index (κ2) is 5.79. The fourth-order valence-corrected chi connectivity index (χ4v) is 1.46. The minimum atomic E-state index is -7.25. The number of alkyl halides is 9. The predicted octanol–water partition coefficient (Wildman–Crippen LogP) is 3.28. The van der Waals surface area contributed by atoms with Crippen molar-refractivity contribution in [2.45, 2.75) is 42.5 Å². The van der Waals surface area contributed by atoms with Gasteiger partial charge in [-0.25, -0.2) is 4.39 Å². The maximum absolute atomic E-state index is 12.8. The van der Waals surface area contributed by atoms with Crippen molar-refractivity contribution in [2.24, 2.45) is 0 Å². The first-order valence-corrected chi connectivity index (χ1v) is 6.04. The Labute approximate surface area is 112 Å². The zero-order valence-corrected chi connectivity index (χ0v) is 10.9. The van der Waals surface area contributed by atoms with Crippen molar-refractivity contribution in [2.75, 3.05) is 0 Å². The summed E-state index contributed by atoms with van der Waals surface area (Å²) in [6.07, 6.45) is -5.38. The quantitative estimate of drug-likeness (QED) is 0.563. The molecule has 0 amide bonds. The molecule has 0 spiro atoms. The van der Waals surface area contributed by atoms with Crippen LogP contribution in [0.25, 0.3) is 0 Å². The third kappa shape index (κ3) is 3.06. The van der Waals surface area contributed by atoms with Gasteiger partial charge >= 0.3 is 33.1 Å². The van der Waals surface area contributed by atoms with Gasteiger partial charge in [-0.15, -0.1) is 0 Å². The smallest absolute Gasteiger partial charge is 0.344 e. The molecule has 0 aromatic heterocycles. The van der Waals surface area contributed by atoms with E-state index in [0.717, 1.165) is 0 Å². The van der Waals surface area contributed by atoms with Gasteiger partial charge in [0.1, 0.15) is 0 Å². The van der Waals surface area contributed by atoms with E-state index in [9.17, 15) is 47.9 Å². The molecule has 0 fully saturated rings. The van der Waals surface area contributed by atoms with Crippen molar-refractivity contribution in [3.8, 4) is 0 Å². The largest absolute Gasteiger partial charge is 0.438 e. The van der Waals surface area contributed by atoms with E-state index in [1.807, 2.05) is 0 Å². The first-order chi connectivity index (χ1) is 8.48. The molecule has 14 heteroatoms. The molecule has 0 radical (unpaired) electrons. The normalized spacial score (nSPS) is 16.3. The second-order valence-electron chi connectivity index (χ2n) is 3.64. The molecule has 21 heavy (non-hydrogen) atoms. The van der Waals surface area contributed by atoms with Crippen LogP contribution >= 0.6 is 0 Å². The second-order valence-corrected chi connectivity index (χ2v) is 5.10. The summed E-state index contributed by atoms with van der Waals surface area (Å²) in [4.78, 5) is 0. The molecular formula is C7H10F9NO3S. The Morgan fingerprint density at radius 3 is 1.52 bits per heavy atom. The standard InChI is InChI=1S/C7H7F9O3S.H3N/c1-2-3(8)4(9,10)5(11,12)6(13,14)7(15,16)20(17,18)19;/h3H,2H2,1H3,(H,17,18,19);1H3. The van der Waals surface area contributed by atoms with E-state index in [1.54, 1.807) is 0 Å². The van der Waals surface area contributed by atoms with E-state index in [4.69, 9.17) is 4.55 Å². The highest BCUT2D eigenvalue weighted by atomic mass is 32.2. The van der Waals surface area contributed by atoms with Gasteiger partial charge in [-0.1, -0.05) is 6.92 Å². The third-order valence-electron chi connectivity index (χ3n) is 2.25. The summed E-state index contributed by atoms with van der Waals surface area (Å²) < 4.78 is 142. The number of rotatable bonds is 6. The molecule has 0 aromatic carbocycles. The van der Waals surface area contributed by atoms with Crippen LogP contribution in [0.3, 0.4) is 0 Å².